The summed E-state index contributed by atoms with van der Waals surface area (Å²) in [6, 6.07) is 58.0. The van der Waals surface area contributed by atoms with Crippen molar-refractivity contribution < 1.29 is 0 Å². The molecule has 0 fully saturated rings. The van der Waals surface area contributed by atoms with Gasteiger partial charge in [-0.15, -0.1) is 0 Å². The van der Waals surface area contributed by atoms with Gasteiger partial charge in [-0.05, 0) is 144 Å². The van der Waals surface area contributed by atoms with E-state index in [1.54, 1.807) is 0 Å². The Morgan fingerprint density at radius 1 is 0.420 bits per heavy atom. The molecule has 2 nitrogen and oxygen atoms in total. The quantitative estimate of drug-likeness (QED) is 0.174. The van der Waals surface area contributed by atoms with E-state index in [-0.39, 0.29) is 5.41 Å². The summed E-state index contributed by atoms with van der Waals surface area (Å²) < 4.78 is 0. The first-order chi connectivity index (χ1) is 24.5. The van der Waals surface area contributed by atoms with Gasteiger partial charge in [-0.25, -0.2) is 0 Å². The van der Waals surface area contributed by atoms with E-state index in [1.807, 2.05) is 24.5 Å². The van der Waals surface area contributed by atoms with E-state index in [0.717, 1.165) is 17.1 Å². The fourth-order valence-corrected chi connectivity index (χ4v) is 8.37. The van der Waals surface area contributed by atoms with Crippen molar-refractivity contribution in [3.63, 3.8) is 0 Å². The number of fused-ring (bicyclic) bond motifs is 3. The van der Waals surface area contributed by atoms with Crippen molar-refractivity contribution in [3.05, 3.63) is 181 Å². The summed E-state index contributed by atoms with van der Waals surface area (Å²) in [5.41, 5.74) is 13.7. The first kappa shape index (κ1) is 28.7. The van der Waals surface area contributed by atoms with Crippen LogP contribution in [0, 0.1) is 0 Å². The minimum atomic E-state index is -0.0171. The Morgan fingerprint density at radius 2 is 0.960 bits per heavy atom. The Hall–Kier alpha value is -6.25. The molecular weight excluding hydrogens is 605 g/mol. The second kappa shape index (κ2) is 10.9. The maximum Gasteiger partial charge on any atom is 0.0644 e. The number of hydrogen-bond acceptors (Lipinski definition) is 2. The van der Waals surface area contributed by atoms with Gasteiger partial charge in [0.05, 0.1) is 11.9 Å². The highest BCUT2D eigenvalue weighted by molar-refractivity contribution is 6.24. The van der Waals surface area contributed by atoms with Gasteiger partial charge in [0.25, 0.3) is 0 Å². The molecule has 1 heterocycles. The number of anilines is 3. The van der Waals surface area contributed by atoms with Crippen LogP contribution < -0.4 is 4.90 Å². The largest absolute Gasteiger partial charge is 0.309 e. The van der Waals surface area contributed by atoms with E-state index in [0.29, 0.717) is 0 Å². The average molecular weight is 639 g/mol. The molecule has 0 saturated heterocycles. The van der Waals surface area contributed by atoms with Gasteiger partial charge in [0.15, 0.2) is 0 Å². The maximum absolute atomic E-state index is 4.39. The molecule has 0 saturated carbocycles. The van der Waals surface area contributed by atoms with Crippen molar-refractivity contribution in [2.45, 2.75) is 19.3 Å². The highest BCUT2D eigenvalue weighted by Gasteiger charge is 2.35. The molecule has 0 bridgehead atoms. The van der Waals surface area contributed by atoms with E-state index in [4.69, 9.17) is 0 Å². The molecule has 1 aromatic heterocycles. The zero-order chi connectivity index (χ0) is 33.4. The van der Waals surface area contributed by atoms with Crippen LogP contribution in [0.2, 0.25) is 0 Å². The number of hydrogen-bond donors (Lipinski definition) is 0. The smallest absolute Gasteiger partial charge is 0.0644 e. The molecule has 0 spiro atoms. The Labute approximate surface area is 292 Å². The lowest BCUT2D eigenvalue weighted by Crippen LogP contribution is -2.14. The molecule has 0 unspecified atom stereocenters. The Kier molecular flexibility index (Phi) is 6.25. The predicted molar refractivity (Wildman–Crippen MR) is 211 cm³/mol. The SMILES string of the molecule is CC1(C)c2ccccc2-c2ccc(-c3cc4ccc5cc(-c6ccc(N(c7ccccc7)c7cccnc7)cc6)cc6ccc(c3)c4c56)cc21. The molecular formula is C48H34N2. The summed E-state index contributed by atoms with van der Waals surface area (Å²) in [7, 11) is 0. The molecule has 2 heteroatoms. The molecule has 8 aromatic carbocycles. The van der Waals surface area contributed by atoms with Gasteiger partial charge in [-0.3, -0.25) is 4.98 Å². The third-order valence-electron chi connectivity index (χ3n) is 10.8. The average Bonchev–Trinajstić information content (AvgIpc) is 3.40. The van der Waals surface area contributed by atoms with Crippen LogP contribution in [0.15, 0.2) is 170 Å². The van der Waals surface area contributed by atoms with Crippen molar-refractivity contribution >= 4 is 49.4 Å². The second-order valence-electron chi connectivity index (χ2n) is 14.1. The van der Waals surface area contributed by atoms with Crippen LogP contribution in [0.1, 0.15) is 25.0 Å². The van der Waals surface area contributed by atoms with Gasteiger partial charge in [-0.2, -0.15) is 0 Å². The highest BCUT2D eigenvalue weighted by Crippen LogP contribution is 2.50. The number of pyridine rings is 1. The number of aromatic nitrogens is 1. The van der Waals surface area contributed by atoms with Crippen LogP contribution in [0.3, 0.4) is 0 Å². The van der Waals surface area contributed by atoms with Crippen LogP contribution in [-0.4, -0.2) is 4.98 Å². The number of rotatable bonds is 5. The zero-order valence-corrected chi connectivity index (χ0v) is 28.1. The molecule has 1 aliphatic rings. The van der Waals surface area contributed by atoms with Crippen LogP contribution >= 0.6 is 0 Å². The minimum absolute atomic E-state index is 0.0171. The fraction of sp³-hybridized carbons (Fsp3) is 0.0625. The molecule has 0 atom stereocenters. The first-order valence-electron chi connectivity index (χ1n) is 17.4. The molecule has 0 aliphatic heterocycles. The molecule has 0 N–H and O–H groups in total. The lowest BCUT2D eigenvalue weighted by atomic mass is 9.81. The van der Waals surface area contributed by atoms with Crippen molar-refractivity contribution in [1.29, 1.82) is 0 Å². The molecule has 0 amide bonds. The number of benzene rings is 8. The monoisotopic (exact) mass is 638 g/mol. The van der Waals surface area contributed by atoms with E-state index in [1.165, 1.54) is 76.8 Å². The van der Waals surface area contributed by atoms with Crippen LogP contribution in [0.25, 0.3) is 65.7 Å². The minimum Gasteiger partial charge on any atom is -0.309 e. The van der Waals surface area contributed by atoms with E-state index >= 15 is 0 Å². The van der Waals surface area contributed by atoms with E-state index in [2.05, 4.69) is 169 Å². The number of para-hydroxylation sites is 1. The van der Waals surface area contributed by atoms with Crippen molar-refractivity contribution in [2.75, 3.05) is 4.90 Å². The lowest BCUT2D eigenvalue weighted by Gasteiger charge is -2.25. The highest BCUT2D eigenvalue weighted by atomic mass is 15.1. The second-order valence-corrected chi connectivity index (χ2v) is 14.1. The van der Waals surface area contributed by atoms with E-state index < -0.39 is 0 Å². The topological polar surface area (TPSA) is 16.1 Å². The van der Waals surface area contributed by atoms with Gasteiger partial charge in [0, 0.05) is 23.0 Å². The summed E-state index contributed by atoms with van der Waals surface area (Å²) in [4.78, 5) is 6.64. The Balaban J connectivity index is 1.03. The maximum atomic E-state index is 4.39. The Morgan fingerprint density at radius 3 is 1.60 bits per heavy atom. The van der Waals surface area contributed by atoms with Crippen molar-refractivity contribution in [1.82, 2.24) is 4.98 Å². The summed E-state index contributed by atoms with van der Waals surface area (Å²) in [6.07, 6.45) is 3.73. The molecule has 50 heavy (non-hydrogen) atoms. The first-order valence-corrected chi connectivity index (χ1v) is 17.4. The van der Waals surface area contributed by atoms with Crippen LogP contribution in [0.5, 0.6) is 0 Å². The standard InChI is InChI=1S/C48H34N2/c1-48(2)44-13-7-6-12-42(44)43-23-20-32(29-45(43)48)38-27-35-16-14-33-25-37(26-34-15-17-36(28-38)47(35)46(33)34)31-18-21-40(22-19-31)50(39-9-4-3-5-10-39)41-11-8-24-49-30-41/h3-30H,1-2H3. The molecule has 10 rings (SSSR count). The number of nitrogens with zero attached hydrogens (tertiary/aromatic N) is 2. The molecule has 236 valence electrons. The lowest BCUT2D eigenvalue weighted by molar-refractivity contribution is 0.660. The summed E-state index contributed by atoms with van der Waals surface area (Å²) >= 11 is 0. The van der Waals surface area contributed by atoms with Gasteiger partial charge in [0.1, 0.15) is 0 Å². The van der Waals surface area contributed by atoms with Gasteiger partial charge in [0.2, 0.25) is 0 Å². The fourth-order valence-electron chi connectivity index (χ4n) is 8.37. The summed E-state index contributed by atoms with van der Waals surface area (Å²) in [5, 5.41) is 7.79. The predicted octanol–water partition coefficient (Wildman–Crippen LogP) is 13.1. The Bertz CT molecular complexity index is 2600. The van der Waals surface area contributed by atoms with Crippen molar-refractivity contribution in [3.8, 4) is 33.4 Å². The van der Waals surface area contributed by atoms with E-state index in [9.17, 15) is 0 Å². The van der Waals surface area contributed by atoms with Crippen LogP contribution in [-0.2, 0) is 5.41 Å². The van der Waals surface area contributed by atoms with Gasteiger partial charge < -0.3 is 4.90 Å². The third kappa shape index (κ3) is 4.38. The summed E-state index contributed by atoms with van der Waals surface area (Å²) in [6.45, 7) is 4.71. The third-order valence-corrected chi connectivity index (χ3v) is 10.8. The zero-order valence-electron chi connectivity index (χ0n) is 28.1. The summed E-state index contributed by atoms with van der Waals surface area (Å²) in [5.74, 6) is 0. The van der Waals surface area contributed by atoms with Gasteiger partial charge >= 0.3 is 0 Å². The van der Waals surface area contributed by atoms with Gasteiger partial charge in [-0.1, -0.05) is 105 Å². The molecule has 0 radical (unpaired) electrons. The van der Waals surface area contributed by atoms with Crippen LogP contribution in [0.4, 0.5) is 17.1 Å². The normalized spacial score (nSPS) is 13.2. The molecule has 1 aliphatic carbocycles. The van der Waals surface area contributed by atoms with Crippen molar-refractivity contribution in [2.24, 2.45) is 0 Å². The molecule has 9 aromatic rings.